The van der Waals surface area contributed by atoms with E-state index in [1.54, 1.807) is 17.4 Å². The van der Waals surface area contributed by atoms with Crippen LogP contribution in [0.3, 0.4) is 0 Å². The maximum absolute atomic E-state index is 12.1. The molecule has 124 valence electrons. The lowest BCUT2D eigenvalue weighted by Crippen LogP contribution is -2.39. The number of rotatable bonds is 9. The zero-order valence-corrected chi connectivity index (χ0v) is 13.8. The monoisotopic (exact) mass is 314 g/mol. The Kier molecular flexibility index (Phi) is 7.24. The van der Waals surface area contributed by atoms with Crippen LogP contribution in [-0.4, -0.2) is 24.0 Å². The molecule has 0 unspecified atom stereocenters. The quantitative estimate of drug-likeness (QED) is 0.704. The molecule has 4 nitrogen and oxygen atoms in total. The van der Waals surface area contributed by atoms with E-state index in [0.29, 0.717) is 13.1 Å². The highest BCUT2D eigenvalue weighted by molar-refractivity contribution is 5.74. The van der Waals surface area contributed by atoms with Gasteiger partial charge in [-0.2, -0.15) is 0 Å². The molecule has 0 saturated carbocycles. The third kappa shape index (κ3) is 6.19. The van der Waals surface area contributed by atoms with Crippen LogP contribution in [0.2, 0.25) is 0 Å². The molecule has 2 rings (SSSR count). The minimum absolute atomic E-state index is 0.00300. The van der Waals surface area contributed by atoms with Crippen LogP contribution in [0.1, 0.15) is 37.3 Å². The second-order valence-corrected chi connectivity index (χ2v) is 5.67. The van der Waals surface area contributed by atoms with Gasteiger partial charge in [-0.05, 0) is 37.8 Å². The molecule has 1 heterocycles. The van der Waals surface area contributed by atoms with Crippen LogP contribution in [0.25, 0.3) is 0 Å². The first kappa shape index (κ1) is 17.1. The number of carbonyl (C=O) groups excluding carboxylic acids is 1. The predicted octanol–water partition coefficient (Wildman–Crippen LogP) is 4.22. The molecule has 4 heteroatoms. The Morgan fingerprint density at radius 3 is 2.61 bits per heavy atom. The van der Waals surface area contributed by atoms with E-state index in [9.17, 15) is 4.79 Å². The van der Waals surface area contributed by atoms with E-state index in [2.05, 4.69) is 29.6 Å². The molecular formula is C19H26N2O2. The molecule has 2 aromatic rings. The Labute approximate surface area is 138 Å². The molecule has 1 aromatic carbocycles. The fraction of sp³-hybridized carbons (Fsp3) is 0.421. The fourth-order valence-electron chi connectivity index (χ4n) is 2.51. The van der Waals surface area contributed by atoms with Crippen LogP contribution in [0.15, 0.2) is 53.3 Å². The van der Waals surface area contributed by atoms with Crippen molar-refractivity contribution in [3.05, 3.63) is 60.1 Å². The number of aryl methyl sites for hydroxylation is 1. The topological polar surface area (TPSA) is 45.5 Å². The minimum atomic E-state index is -0.00300. The Morgan fingerprint density at radius 1 is 1.09 bits per heavy atom. The first-order valence-corrected chi connectivity index (χ1v) is 8.37. The van der Waals surface area contributed by atoms with Gasteiger partial charge in [0.15, 0.2) is 0 Å². The molecule has 1 N–H and O–H groups in total. The van der Waals surface area contributed by atoms with E-state index >= 15 is 0 Å². The molecule has 2 amide bonds. The van der Waals surface area contributed by atoms with E-state index in [4.69, 9.17) is 4.42 Å². The lowest BCUT2D eigenvalue weighted by Gasteiger charge is -2.20. The molecule has 0 aliphatic carbocycles. The van der Waals surface area contributed by atoms with Gasteiger partial charge in [-0.1, -0.05) is 36.8 Å². The molecule has 0 fully saturated rings. The third-order valence-electron chi connectivity index (χ3n) is 3.88. The summed E-state index contributed by atoms with van der Waals surface area (Å²) < 4.78 is 5.04. The van der Waals surface area contributed by atoms with E-state index in [0.717, 1.165) is 37.8 Å². The van der Waals surface area contributed by atoms with Crippen molar-refractivity contribution in [3.63, 3.8) is 0 Å². The van der Waals surface area contributed by atoms with Crippen molar-refractivity contribution >= 4 is 6.03 Å². The summed E-state index contributed by atoms with van der Waals surface area (Å²) in [6, 6.07) is 12.4. The van der Waals surface area contributed by atoms with Crippen molar-refractivity contribution in [1.29, 1.82) is 0 Å². The second kappa shape index (κ2) is 9.72. The molecule has 23 heavy (non-hydrogen) atoms. The number of nitrogens with zero attached hydrogens (tertiary/aromatic N) is 1. The fourth-order valence-corrected chi connectivity index (χ4v) is 2.51. The van der Waals surface area contributed by atoms with Gasteiger partial charge in [0.25, 0.3) is 0 Å². The maximum atomic E-state index is 12.1. The van der Waals surface area contributed by atoms with E-state index in [-0.39, 0.29) is 6.03 Å². The highest BCUT2D eigenvalue weighted by Crippen LogP contribution is 2.07. The van der Waals surface area contributed by atoms with Gasteiger partial charge in [0, 0.05) is 18.7 Å². The summed E-state index contributed by atoms with van der Waals surface area (Å²) in [5.41, 5.74) is 2.40. The van der Waals surface area contributed by atoms with Crippen molar-refractivity contribution in [2.45, 2.75) is 39.2 Å². The van der Waals surface area contributed by atoms with Crippen molar-refractivity contribution < 1.29 is 9.21 Å². The molecule has 0 radical (unpaired) electrons. The van der Waals surface area contributed by atoms with Crippen LogP contribution < -0.4 is 5.32 Å². The third-order valence-corrected chi connectivity index (χ3v) is 3.88. The highest BCUT2D eigenvalue weighted by Gasteiger charge is 2.11. The number of furan rings is 1. The largest absolute Gasteiger partial charge is 0.472 e. The smallest absolute Gasteiger partial charge is 0.317 e. The van der Waals surface area contributed by atoms with E-state index < -0.39 is 0 Å². The second-order valence-electron chi connectivity index (χ2n) is 5.67. The van der Waals surface area contributed by atoms with Gasteiger partial charge in [0.05, 0.1) is 19.1 Å². The number of amides is 2. The van der Waals surface area contributed by atoms with Crippen LogP contribution >= 0.6 is 0 Å². The van der Waals surface area contributed by atoms with Gasteiger partial charge in [-0.3, -0.25) is 0 Å². The molecule has 0 aliphatic rings. The first-order chi connectivity index (χ1) is 11.3. The van der Waals surface area contributed by atoms with Crippen LogP contribution in [0, 0.1) is 0 Å². The maximum Gasteiger partial charge on any atom is 0.317 e. The molecule has 0 atom stereocenters. The van der Waals surface area contributed by atoms with Gasteiger partial charge in [-0.15, -0.1) is 0 Å². The normalized spacial score (nSPS) is 10.5. The summed E-state index contributed by atoms with van der Waals surface area (Å²) >= 11 is 0. The lowest BCUT2D eigenvalue weighted by atomic mass is 10.1. The number of benzene rings is 1. The summed E-state index contributed by atoms with van der Waals surface area (Å²) in [5, 5.41) is 3.00. The molecule has 0 saturated heterocycles. The number of unbranched alkanes of at least 4 members (excludes halogenated alkanes) is 2. The Bertz CT molecular complexity index is 552. The zero-order chi connectivity index (χ0) is 16.3. The Hall–Kier alpha value is -2.23. The number of carbonyl (C=O) groups is 1. The minimum Gasteiger partial charge on any atom is -0.472 e. The molecule has 0 aliphatic heterocycles. The lowest BCUT2D eigenvalue weighted by molar-refractivity contribution is 0.198. The number of nitrogens with one attached hydrogen (secondary N) is 1. The Morgan fingerprint density at radius 2 is 1.91 bits per heavy atom. The van der Waals surface area contributed by atoms with Gasteiger partial charge < -0.3 is 14.6 Å². The molecule has 0 spiro atoms. The average molecular weight is 314 g/mol. The van der Waals surface area contributed by atoms with Gasteiger partial charge in [-0.25, -0.2) is 4.79 Å². The SMILES string of the molecule is CCN(Cc1ccoc1)C(=O)NCCCCCc1ccccc1. The van der Waals surface area contributed by atoms with Gasteiger partial charge >= 0.3 is 6.03 Å². The Balaban J connectivity index is 1.58. The number of hydrogen-bond acceptors (Lipinski definition) is 2. The standard InChI is InChI=1S/C19H26N2O2/c1-2-21(15-18-12-14-23-16-18)19(22)20-13-8-4-7-11-17-9-5-3-6-10-17/h3,5-6,9-10,12,14,16H,2,4,7-8,11,13,15H2,1H3,(H,20,22). The molecule has 0 bridgehead atoms. The van der Waals surface area contributed by atoms with Crippen LogP contribution in [0.4, 0.5) is 4.79 Å². The van der Waals surface area contributed by atoms with Crippen LogP contribution in [-0.2, 0) is 13.0 Å². The summed E-state index contributed by atoms with van der Waals surface area (Å²) in [5.74, 6) is 0. The van der Waals surface area contributed by atoms with Crippen molar-refractivity contribution in [2.24, 2.45) is 0 Å². The number of urea groups is 1. The summed E-state index contributed by atoms with van der Waals surface area (Å²) in [7, 11) is 0. The molecular weight excluding hydrogens is 288 g/mol. The summed E-state index contributed by atoms with van der Waals surface area (Å²) in [6.07, 6.45) is 7.72. The van der Waals surface area contributed by atoms with E-state index in [1.807, 2.05) is 19.1 Å². The zero-order valence-electron chi connectivity index (χ0n) is 13.8. The summed E-state index contributed by atoms with van der Waals surface area (Å²) in [6.45, 7) is 3.99. The van der Waals surface area contributed by atoms with Gasteiger partial charge in [0.2, 0.25) is 0 Å². The highest BCUT2D eigenvalue weighted by atomic mass is 16.3. The van der Waals surface area contributed by atoms with Crippen molar-refractivity contribution in [1.82, 2.24) is 10.2 Å². The molecule has 1 aromatic heterocycles. The average Bonchev–Trinajstić information content (AvgIpc) is 3.09. The summed E-state index contributed by atoms with van der Waals surface area (Å²) in [4.78, 5) is 13.9. The van der Waals surface area contributed by atoms with Crippen LogP contribution in [0.5, 0.6) is 0 Å². The van der Waals surface area contributed by atoms with E-state index in [1.165, 1.54) is 5.56 Å². The van der Waals surface area contributed by atoms with Gasteiger partial charge in [0.1, 0.15) is 0 Å². The number of hydrogen-bond donors (Lipinski definition) is 1. The first-order valence-electron chi connectivity index (χ1n) is 8.37. The van der Waals surface area contributed by atoms with Crippen molar-refractivity contribution in [3.8, 4) is 0 Å². The predicted molar refractivity (Wildman–Crippen MR) is 92.2 cm³/mol. The van der Waals surface area contributed by atoms with Crippen molar-refractivity contribution in [2.75, 3.05) is 13.1 Å².